The van der Waals surface area contributed by atoms with Crippen molar-refractivity contribution >= 4 is 5.97 Å². The average Bonchev–Trinajstić information content (AvgIpc) is 1.78. The molecule has 0 amide bonds. The molecule has 0 heterocycles. The molecule has 0 aromatic carbocycles. The van der Waals surface area contributed by atoms with E-state index in [9.17, 15) is 4.79 Å². The number of carbonyl (C=O) groups is 1. The summed E-state index contributed by atoms with van der Waals surface area (Å²) in [5, 5.41) is 3.17. The third-order valence-corrected chi connectivity index (χ3v) is 2.06. The molecule has 76 valence electrons. The lowest BCUT2D eigenvalue weighted by atomic mass is 9.93. The molecule has 0 saturated heterocycles. The van der Waals surface area contributed by atoms with Crippen LogP contribution in [0.4, 0.5) is 0 Å². The quantitative estimate of drug-likeness (QED) is 0.677. The van der Waals surface area contributed by atoms with Gasteiger partial charge in [0.25, 0.3) is 0 Å². The Morgan fingerprint density at radius 1 is 1.46 bits per heavy atom. The summed E-state index contributed by atoms with van der Waals surface area (Å²) in [5.41, 5.74) is -0.363. The van der Waals surface area contributed by atoms with E-state index in [2.05, 4.69) is 5.32 Å². The molecule has 3 nitrogen and oxygen atoms in total. The number of rotatable bonds is 3. The molecule has 1 rings (SSSR count). The molecule has 1 aliphatic rings. The Hall–Kier alpha value is -0.570. The van der Waals surface area contributed by atoms with E-state index in [-0.39, 0.29) is 11.6 Å². The molecule has 1 fully saturated rings. The molecule has 3 heteroatoms. The molecule has 0 radical (unpaired) electrons. The molecule has 0 spiro atoms. The van der Waals surface area contributed by atoms with Crippen LogP contribution in [0, 0.1) is 0 Å². The lowest BCUT2D eigenvalue weighted by Crippen LogP contribution is -2.40. The smallest absolute Gasteiger partial charge is 0.320 e. The van der Waals surface area contributed by atoms with Crippen LogP contribution in [0.3, 0.4) is 0 Å². The molecular formula is C10H19NO2. The second-order valence-electron chi connectivity index (χ2n) is 4.60. The number of carbonyl (C=O) groups excluding carboxylic acids is 1. The first-order valence-electron chi connectivity index (χ1n) is 4.92. The molecular weight excluding hydrogens is 166 g/mol. The summed E-state index contributed by atoms with van der Waals surface area (Å²) in [7, 11) is 0. The lowest BCUT2D eigenvalue weighted by Gasteiger charge is -2.27. The first kappa shape index (κ1) is 10.5. The Bertz CT molecular complexity index is 180. The molecule has 0 aromatic rings. The Morgan fingerprint density at radius 2 is 2.08 bits per heavy atom. The summed E-state index contributed by atoms with van der Waals surface area (Å²) < 4.78 is 5.16. The first-order chi connectivity index (χ1) is 5.97. The Kier molecular flexibility index (Phi) is 3.31. The van der Waals surface area contributed by atoms with E-state index in [0.717, 1.165) is 0 Å². The van der Waals surface area contributed by atoms with Gasteiger partial charge in [-0.1, -0.05) is 6.42 Å². The van der Waals surface area contributed by atoms with Gasteiger partial charge in [-0.25, -0.2) is 0 Å². The van der Waals surface area contributed by atoms with Gasteiger partial charge in [0.2, 0.25) is 0 Å². The largest absolute Gasteiger partial charge is 0.459 e. The van der Waals surface area contributed by atoms with Crippen LogP contribution in [-0.2, 0) is 9.53 Å². The normalized spacial score (nSPS) is 18.1. The van der Waals surface area contributed by atoms with Gasteiger partial charge in [0.15, 0.2) is 0 Å². The Labute approximate surface area is 79.8 Å². The predicted molar refractivity (Wildman–Crippen MR) is 51.5 cm³/mol. The number of hydrogen-bond acceptors (Lipinski definition) is 3. The molecule has 13 heavy (non-hydrogen) atoms. The fourth-order valence-electron chi connectivity index (χ4n) is 1.22. The highest BCUT2D eigenvalue weighted by Gasteiger charge is 2.20. The van der Waals surface area contributed by atoms with Crippen molar-refractivity contribution in [3.05, 3.63) is 0 Å². The van der Waals surface area contributed by atoms with Crippen molar-refractivity contribution in [1.29, 1.82) is 0 Å². The van der Waals surface area contributed by atoms with Gasteiger partial charge in [0, 0.05) is 6.04 Å². The van der Waals surface area contributed by atoms with Gasteiger partial charge < -0.3 is 10.1 Å². The van der Waals surface area contributed by atoms with E-state index >= 15 is 0 Å². The maximum absolute atomic E-state index is 11.2. The fourth-order valence-corrected chi connectivity index (χ4v) is 1.22. The highest BCUT2D eigenvalue weighted by Crippen LogP contribution is 2.17. The third-order valence-electron chi connectivity index (χ3n) is 2.06. The van der Waals surface area contributed by atoms with E-state index in [4.69, 9.17) is 4.74 Å². The molecule has 1 saturated carbocycles. The maximum atomic E-state index is 11.2. The molecule has 0 aliphatic heterocycles. The van der Waals surface area contributed by atoms with Gasteiger partial charge >= 0.3 is 5.97 Å². The summed E-state index contributed by atoms with van der Waals surface area (Å²) in [6.45, 7) is 6.00. The lowest BCUT2D eigenvalue weighted by molar-refractivity contribution is -0.153. The van der Waals surface area contributed by atoms with Crippen LogP contribution >= 0.6 is 0 Å². The minimum absolute atomic E-state index is 0.153. The maximum Gasteiger partial charge on any atom is 0.320 e. The standard InChI is InChI=1S/C10H19NO2/c1-10(2,3)13-9(12)7-11-8-5-4-6-8/h8,11H,4-7H2,1-3H3. The van der Waals surface area contributed by atoms with Gasteiger partial charge in [-0.3, -0.25) is 4.79 Å². The molecule has 1 aliphatic carbocycles. The van der Waals surface area contributed by atoms with Crippen LogP contribution < -0.4 is 5.32 Å². The topological polar surface area (TPSA) is 38.3 Å². The third kappa shape index (κ3) is 4.27. The van der Waals surface area contributed by atoms with Gasteiger partial charge in [0.1, 0.15) is 5.60 Å². The van der Waals surface area contributed by atoms with E-state index in [1.807, 2.05) is 20.8 Å². The molecule has 0 aromatic heterocycles. The highest BCUT2D eigenvalue weighted by molar-refractivity contribution is 5.72. The van der Waals surface area contributed by atoms with Crippen LogP contribution in [0.1, 0.15) is 40.0 Å². The highest BCUT2D eigenvalue weighted by atomic mass is 16.6. The first-order valence-corrected chi connectivity index (χ1v) is 4.92. The predicted octanol–water partition coefficient (Wildman–Crippen LogP) is 1.47. The zero-order valence-electron chi connectivity index (χ0n) is 8.72. The SMILES string of the molecule is CC(C)(C)OC(=O)CNC1CCC1. The molecule has 0 bridgehead atoms. The zero-order chi connectivity index (χ0) is 9.90. The summed E-state index contributed by atoms with van der Waals surface area (Å²) in [4.78, 5) is 11.2. The van der Waals surface area contributed by atoms with Crippen molar-refractivity contribution < 1.29 is 9.53 Å². The second kappa shape index (κ2) is 4.09. The summed E-state index contributed by atoms with van der Waals surface area (Å²) in [5.74, 6) is -0.153. The number of ether oxygens (including phenoxy) is 1. The van der Waals surface area contributed by atoms with E-state index < -0.39 is 0 Å². The van der Waals surface area contributed by atoms with Gasteiger partial charge in [-0.2, -0.15) is 0 Å². The zero-order valence-corrected chi connectivity index (χ0v) is 8.72. The van der Waals surface area contributed by atoms with Crippen molar-refractivity contribution in [2.75, 3.05) is 6.54 Å². The van der Waals surface area contributed by atoms with Crippen LogP contribution in [0.2, 0.25) is 0 Å². The summed E-state index contributed by atoms with van der Waals surface area (Å²) in [6.07, 6.45) is 3.68. The van der Waals surface area contributed by atoms with E-state index in [0.29, 0.717) is 12.6 Å². The van der Waals surface area contributed by atoms with Crippen molar-refractivity contribution in [1.82, 2.24) is 5.32 Å². The van der Waals surface area contributed by atoms with E-state index in [1.54, 1.807) is 0 Å². The van der Waals surface area contributed by atoms with Crippen molar-refractivity contribution in [2.45, 2.75) is 51.7 Å². The minimum Gasteiger partial charge on any atom is -0.459 e. The van der Waals surface area contributed by atoms with Crippen LogP contribution in [0.25, 0.3) is 0 Å². The monoisotopic (exact) mass is 185 g/mol. The van der Waals surface area contributed by atoms with E-state index in [1.165, 1.54) is 19.3 Å². The van der Waals surface area contributed by atoms with Crippen molar-refractivity contribution in [3.63, 3.8) is 0 Å². The van der Waals surface area contributed by atoms with Crippen LogP contribution in [0.15, 0.2) is 0 Å². The fraction of sp³-hybridized carbons (Fsp3) is 0.900. The van der Waals surface area contributed by atoms with Crippen LogP contribution in [0.5, 0.6) is 0 Å². The number of nitrogens with one attached hydrogen (secondary N) is 1. The second-order valence-corrected chi connectivity index (χ2v) is 4.60. The van der Waals surface area contributed by atoms with Gasteiger partial charge in [0.05, 0.1) is 6.54 Å². The minimum atomic E-state index is -0.363. The summed E-state index contributed by atoms with van der Waals surface area (Å²) in [6, 6.07) is 0.549. The molecule has 0 unspecified atom stereocenters. The molecule has 0 atom stereocenters. The van der Waals surface area contributed by atoms with Crippen molar-refractivity contribution in [3.8, 4) is 0 Å². The van der Waals surface area contributed by atoms with Crippen LogP contribution in [-0.4, -0.2) is 24.2 Å². The molecule has 1 N–H and O–H groups in total. The Balaban J connectivity index is 2.10. The number of esters is 1. The van der Waals surface area contributed by atoms with Gasteiger partial charge in [-0.15, -0.1) is 0 Å². The summed E-state index contributed by atoms with van der Waals surface area (Å²) >= 11 is 0. The van der Waals surface area contributed by atoms with Crippen molar-refractivity contribution in [2.24, 2.45) is 0 Å². The van der Waals surface area contributed by atoms with Gasteiger partial charge in [-0.05, 0) is 33.6 Å². The number of hydrogen-bond donors (Lipinski definition) is 1. The average molecular weight is 185 g/mol. The Morgan fingerprint density at radius 3 is 2.46 bits per heavy atom.